The largest absolute Gasteiger partial charge is 0.497 e. The van der Waals surface area contributed by atoms with Gasteiger partial charge >= 0.3 is 0 Å². The third-order valence-electron chi connectivity index (χ3n) is 2.76. The van der Waals surface area contributed by atoms with Crippen molar-refractivity contribution in [1.82, 2.24) is 15.1 Å². The van der Waals surface area contributed by atoms with E-state index in [9.17, 15) is 0 Å². The molecule has 0 spiro atoms. The van der Waals surface area contributed by atoms with Gasteiger partial charge in [0.15, 0.2) is 0 Å². The van der Waals surface area contributed by atoms with Gasteiger partial charge < -0.3 is 10.1 Å². The molecule has 0 fully saturated rings. The van der Waals surface area contributed by atoms with Gasteiger partial charge in [0.05, 0.1) is 18.5 Å². The first-order valence-electron chi connectivity index (χ1n) is 6.42. The summed E-state index contributed by atoms with van der Waals surface area (Å²) in [7, 11) is 1.67. The van der Waals surface area contributed by atoms with Crippen molar-refractivity contribution >= 4 is 0 Å². The number of rotatable bonds is 4. The lowest BCUT2D eigenvalue weighted by Gasteiger charge is -2.19. The summed E-state index contributed by atoms with van der Waals surface area (Å²) in [6.45, 7) is 7.20. The Labute approximate surface area is 114 Å². The van der Waals surface area contributed by atoms with Crippen LogP contribution in [0.2, 0.25) is 0 Å². The van der Waals surface area contributed by atoms with E-state index in [-0.39, 0.29) is 5.54 Å². The van der Waals surface area contributed by atoms with Gasteiger partial charge in [-0.3, -0.25) is 0 Å². The Hall–Kier alpha value is -1.81. The highest BCUT2D eigenvalue weighted by Gasteiger charge is 2.09. The summed E-state index contributed by atoms with van der Waals surface area (Å²) in [4.78, 5) is 0. The first kappa shape index (κ1) is 13.6. The zero-order valence-electron chi connectivity index (χ0n) is 12.0. The average molecular weight is 259 g/mol. The first-order valence-corrected chi connectivity index (χ1v) is 6.42. The van der Waals surface area contributed by atoms with Crippen LogP contribution in [0.3, 0.4) is 0 Å². The third-order valence-corrected chi connectivity index (χ3v) is 2.76. The molecule has 0 amide bonds. The molecule has 0 aliphatic heterocycles. The molecule has 0 radical (unpaired) electrons. The van der Waals surface area contributed by atoms with E-state index in [1.807, 2.05) is 41.2 Å². The van der Waals surface area contributed by atoms with Gasteiger partial charge in [-0.15, -0.1) is 0 Å². The fraction of sp³-hybridized carbons (Fsp3) is 0.400. The number of aromatic nitrogens is 2. The van der Waals surface area contributed by atoms with E-state index in [4.69, 9.17) is 4.74 Å². The Balaban J connectivity index is 2.12. The summed E-state index contributed by atoms with van der Waals surface area (Å²) in [5.74, 6) is 0.836. The Morgan fingerprint density at radius 2 is 2.05 bits per heavy atom. The highest BCUT2D eigenvalue weighted by atomic mass is 16.5. The molecule has 0 saturated heterocycles. The summed E-state index contributed by atoms with van der Waals surface area (Å²) < 4.78 is 7.09. The molecule has 19 heavy (non-hydrogen) atoms. The molecule has 1 N–H and O–H groups in total. The molecule has 4 nitrogen and oxygen atoms in total. The molecule has 0 saturated carbocycles. The molecule has 2 aromatic rings. The second-order valence-corrected chi connectivity index (χ2v) is 5.56. The quantitative estimate of drug-likeness (QED) is 0.917. The van der Waals surface area contributed by atoms with Crippen LogP contribution < -0.4 is 10.1 Å². The number of ether oxygens (including phenoxy) is 1. The fourth-order valence-electron chi connectivity index (χ4n) is 1.71. The molecule has 1 aromatic heterocycles. The molecule has 0 aliphatic rings. The minimum Gasteiger partial charge on any atom is -0.497 e. The monoisotopic (exact) mass is 259 g/mol. The molecule has 0 aliphatic carbocycles. The molecule has 1 heterocycles. The number of benzene rings is 1. The van der Waals surface area contributed by atoms with Crippen molar-refractivity contribution < 1.29 is 4.74 Å². The third kappa shape index (κ3) is 3.83. The lowest BCUT2D eigenvalue weighted by atomic mass is 10.1. The van der Waals surface area contributed by atoms with Crippen molar-refractivity contribution in [3.63, 3.8) is 0 Å². The van der Waals surface area contributed by atoms with E-state index in [2.05, 4.69) is 31.2 Å². The van der Waals surface area contributed by atoms with Crippen LogP contribution in [-0.2, 0) is 6.54 Å². The van der Waals surface area contributed by atoms with Crippen molar-refractivity contribution in [2.75, 3.05) is 7.11 Å². The lowest BCUT2D eigenvalue weighted by molar-refractivity contribution is 0.414. The molecular weight excluding hydrogens is 238 g/mol. The summed E-state index contributed by atoms with van der Waals surface area (Å²) in [5.41, 5.74) is 2.12. The smallest absolute Gasteiger partial charge is 0.121 e. The van der Waals surface area contributed by atoms with E-state index >= 15 is 0 Å². The summed E-state index contributed by atoms with van der Waals surface area (Å²) in [6, 6.07) is 9.89. The molecule has 4 heteroatoms. The highest BCUT2D eigenvalue weighted by Crippen LogP contribution is 2.16. The number of methoxy groups -OCH3 is 1. The van der Waals surface area contributed by atoms with Gasteiger partial charge in [-0.1, -0.05) is 6.07 Å². The Bertz CT molecular complexity index is 540. The van der Waals surface area contributed by atoms with Crippen LogP contribution in [0.5, 0.6) is 5.75 Å². The van der Waals surface area contributed by atoms with Gasteiger partial charge in [0.2, 0.25) is 0 Å². The summed E-state index contributed by atoms with van der Waals surface area (Å²) in [5, 5.41) is 7.98. The second kappa shape index (κ2) is 5.45. The molecule has 0 bridgehead atoms. The Morgan fingerprint density at radius 1 is 1.26 bits per heavy atom. The summed E-state index contributed by atoms with van der Waals surface area (Å²) >= 11 is 0. The van der Waals surface area contributed by atoms with Crippen LogP contribution in [-0.4, -0.2) is 22.4 Å². The van der Waals surface area contributed by atoms with Gasteiger partial charge in [-0.25, -0.2) is 4.68 Å². The highest BCUT2D eigenvalue weighted by molar-refractivity contribution is 5.38. The van der Waals surface area contributed by atoms with E-state index in [1.54, 1.807) is 7.11 Å². The average Bonchev–Trinajstić information content (AvgIpc) is 2.84. The predicted molar refractivity (Wildman–Crippen MR) is 76.7 cm³/mol. The Morgan fingerprint density at radius 3 is 2.74 bits per heavy atom. The van der Waals surface area contributed by atoms with Crippen molar-refractivity contribution in [2.45, 2.75) is 32.9 Å². The topological polar surface area (TPSA) is 39.1 Å². The van der Waals surface area contributed by atoms with Gasteiger partial charge in [-0.2, -0.15) is 5.10 Å². The number of nitrogens with one attached hydrogen (secondary N) is 1. The van der Waals surface area contributed by atoms with Crippen LogP contribution in [0.25, 0.3) is 5.69 Å². The zero-order valence-corrected chi connectivity index (χ0v) is 12.0. The van der Waals surface area contributed by atoms with E-state index in [0.29, 0.717) is 0 Å². The minimum atomic E-state index is 0.0970. The van der Waals surface area contributed by atoms with Crippen LogP contribution in [0.1, 0.15) is 26.5 Å². The van der Waals surface area contributed by atoms with Crippen LogP contribution in [0, 0.1) is 0 Å². The molecule has 0 atom stereocenters. The molecular formula is C15H21N3O. The van der Waals surface area contributed by atoms with E-state index < -0.39 is 0 Å². The lowest BCUT2D eigenvalue weighted by Crippen LogP contribution is -2.35. The molecule has 102 valence electrons. The van der Waals surface area contributed by atoms with Gasteiger partial charge in [-0.05, 0) is 39.0 Å². The van der Waals surface area contributed by atoms with Crippen molar-refractivity contribution in [1.29, 1.82) is 0 Å². The van der Waals surface area contributed by atoms with Crippen molar-refractivity contribution in [3.05, 3.63) is 42.2 Å². The molecule has 0 unspecified atom stereocenters. The van der Waals surface area contributed by atoms with Crippen molar-refractivity contribution in [2.24, 2.45) is 0 Å². The normalized spacial score (nSPS) is 11.6. The van der Waals surface area contributed by atoms with E-state index in [0.717, 1.165) is 23.7 Å². The van der Waals surface area contributed by atoms with Crippen LogP contribution in [0.15, 0.2) is 36.5 Å². The van der Waals surface area contributed by atoms with E-state index in [1.165, 1.54) is 0 Å². The minimum absolute atomic E-state index is 0.0970. The maximum absolute atomic E-state index is 5.22. The molecule has 2 rings (SSSR count). The first-order chi connectivity index (χ1) is 8.98. The Kier molecular flexibility index (Phi) is 3.90. The maximum Gasteiger partial charge on any atom is 0.121 e. The standard InChI is InChI=1S/C15H21N3O/c1-15(2,3)16-11-12-8-9-18(17-12)13-6-5-7-14(10-13)19-4/h5-10,16H,11H2,1-4H3. The maximum atomic E-state index is 5.22. The SMILES string of the molecule is COc1cccc(-n2ccc(CNC(C)(C)C)n2)c1. The number of nitrogens with zero attached hydrogens (tertiary/aromatic N) is 2. The van der Waals surface area contributed by atoms with Gasteiger partial charge in [0, 0.05) is 24.3 Å². The predicted octanol–water partition coefficient (Wildman–Crippen LogP) is 2.77. The van der Waals surface area contributed by atoms with Gasteiger partial charge in [0.1, 0.15) is 5.75 Å². The van der Waals surface area contributed by atoms with Crippen LogP contribution in [0.4, 0.5) is 0 Å². The number of hydrogen-bond donors (Lipinski definition) is 1. The zero-order chi connectivity index (χ0) is 13.9. The van der Waals surface area contributed by atoms with Crippen molar-refractivity contribution in [3.8, 4) is 11.4 Å². The fourth-order valence-corrected chi connectivity index (χ4v) is 1.71. The second-order valence-electron chi connectivity index (χ2n) is 5.56. The summed E-state index contributed by atoms with van der Waals surface area (Å²) in [6.07, 6.45) is 1.97. The molecule has 1 aromatic carbocycles. The number of hydrogen-bond acceptors (Lipinski definition) is 3. The van der Waals surface area contributed by atoms with Crippen LogP contribution >= 0.6 is 0 Å². The van der Waals surface area contributed by atoms with Gasteiger partial charge in [0.25, 0.3) is 0 Å².